The van der Waals surface area contributed by atoms with Gasteiger partial charge in [0.25, 0.3) is 0 Å². The molecule has 32 heavy (non-hydrogen) atoms. The quantitative estimate of drug-likeness (QED) is 0.564. The van der Waals surface area contributed by atoms with E-state index in [0.717, 1.165) is 41.8 Å². The van der Waals surface area contributed by atoms with Crippen LogP contribution in [0.4, 0.5) is 9.39 Å². The average Bonchev–Trinajstić information content (AvgIpc) is 3.04. The number of hydrogen-bond donors (Lipinski definition) is 1. The Morgan fingerprint density at radius 2 is 1.97 bits per heavy atom. The van der Waals surface area contributed by atoms with Gasteiger partial charge in [0.2, 0.25) is 0 Å². The van der Waals surface area contributed by atoms with Gasteiger partial charge < -0.3 is 9.84 Å². The van der Waals surface area contributed by atoms with Crippen molar-refractivity contribution in [3.05, 3.63) is 51.1 Å². The minimum Gasteiger partial charge on any atom is -0.479 e. The van der Waals surface area contributed by atoms with Crippen molar-refractivity contribution in [2.45, 2.75) is 84.8 Å². The Labute approximate surface area is 193 Å². The van der Waals surface area contributed by atoms with Crippen molar-refractivity contribution in [3.63, 3.8) is 0 Å². The SMILES string of the molecule is CC1=Nc2sc3c(c2C(c2ccc(C)cc2F)C1(C)[C@H](OC(C)(C)C)C(=O)O)CCCC3. The third-order valence-electron chi connectivity index (χ3n) is 6.84. The lowest BCUT2D eigenvalue weighted by Crippen LogP contribution is -2.53. The minimum absolute atomic E-state index is 0.308. The van der Waals surface area contributed by atoms with E-state index in [4.69, 9.17) is 9.73 Å². The molecule has 1 aromatic heterocycles. The summed E-state index contributed by atoms with van der Waals surface area (Å²) in [6.45, 7) is 11.2. The number of aliphatic imine (C=N–C) groups is 1. The summed E-state index contributed by atoms with van der Waals surface area (Å²) in [5.41, 5.74) is 2.54. The summed E-state index contributed by atoms with van der Waals surface area (Å²) in [5.74, 6) is -1.85. The van der Waals surface area contributed by atoms with Crippen LogP contribution in [0.3, 0.4) is 0 Å². The highest BCUT2D eigenvalue weighted by molar-refractivity contribution is 7.16. The van der Waals surface area contributed by atoms with E-state index in [0.29, 0.717) is 11.3 Å². The van der Waals surface area contributed by atoms with E-state index in [-0.39, 0.29) is 5.82 Å². The molecule has 4 nitrogen and oxygen atoms in total. The molecule has 0 radical (unpaired) electrons. The number of aliphatic carboxylic acids is 1. The predicted octanol–water partition coefficient (Wildman–Crippen LogP) is 6.59. The van der Waals surface area contributed by atoms with E-state index in [1.807, 2.05) is 53.7 Å². The number of hydrogen-bond acceptors (Lipinski definition) is 4. The van der Waals surface area contributed by atoms with E-state index >= 15 is 4.39 Å². The van der Waals surface area contributed by atoms with Crippen LogP contribution < -0.4 is 0 Å². The van der Waals surface area contributed by atoms with Crippen molar-refractivity contribution in [2.75, 3.05) is 0 Å². The van der Waals surface area contributed by atoms with Crippen molar-refractivity contribution < 1.29 is 19.0 Å². The van der Waals surface area contributed by atoms with Gasteiger partial charge in [0.15, 0.2) is 6.10 Å². The van der Waals surface area contributed by atoms with Crippen LogP contribution in [0.2, 0.25) is 0 Å². The molecule has 2 heterocycles. The first-order valence-corrected chi connectivity index (χ1v) is 12.1. The van der Waals surface area contributed by atoms with Gasteiger partial charge in [-0.15, -0.1) is 11.3 Å². The summed E-state index contributed by atoms with van der Waals surface area (Å²) >= 11 is 1.68. The molecule has 1 aliphatic carbocycles. The monoisotopic (exact) mass is 457 g/mol. The van der Waals surface area contributed by atoms with Crippen LogP contribution in [0.15, 0.2) is 23.2 Å². The van der Waals surface area contributed by atoms with E-state index in [1.54, 1.807) is 11.3 Å². The van der Waals surface area contributed by atoms with Crippen LogP contribution in [0.5, 0.6) is 0 Å². The Morgan fingerprint density at radius 3 is 2.59 bits per heavy atom. The van der Waals surface area contributed by atoms with Gasteiger partial charge in [-0.1, -0.05) is 19.1 Å². The second-order valence-corrected chi connectivity index (χ2v) is 11.4. The van der Waals surface area contributed by atoms with E-state index in [1.165, 1.54) is 16.5 Å². The molecule has 0 saturated heterocycles. The number of thiophene rings is 1. The summed E-state index contributed by atoms with van der Waals surface area (Å²) in [6, 6.07) is 5.26. The summed E-state index contributed by atoms with van der Waals surface area (Å²) < 4.78 is 21.7. The topological polar surface area (TPSA) is 58.9 Å². The molecule has 0 amide bonds. The second-order valence-electron chi connectivity index (χ2n) is 10.3. The Morgan fingerprint density at radius 1 is 1.28 bits per heavy atom. The number of carbonyl (C=O) groups is 1. The first kappa shape index (κ1) is 23.1. The first-order valence-electron chi connectivity index (χ1n) is 11.3. The molecular formula is C26H32FNO3S. The number of halogens is 1. The molecule has 1 N–H and O–H groups in total. The zero-order valence-corrected chi connectivity index (χ0v) is 20.5. The standard InChI is InChI=1S/C26H32FNO3S/c1-14-11-12-16(18(27)13-14)21-20-17-9-7-8-10-19(17)32-23(20)28-15(2)26(21,6)22(24(29)30)31-25(3,4)5/h11-13,21-22H,7-10H2,1-6H3,(H,29,30)/t21?,22-,26?/m1/s1. The predicted molar refractivity (Wildman–Crippen MR) is 127 cm³/mol. The number of nitrogens with zero attached hydrogens (tertiary/aromatic N) is 1. The molecule has 0 fully saturated rings. The summed E-state index contributed by atoms with van der Waals surface area (Å²) in [7, 11) is 0. The van der Waals surface area contributed by atoms with E-state index in [9.17, 15) is 9.90 Å². The third-order valence-corrected chi connectivity index (χ3v) is 8.04. The zero-order valence-electron chi connectivity index (χ0n) is 19.7. The number of carboxylic acids is 1. The molecule has 2 aromatic rings. The van der Waals surface area contributed by atoms with Crippen molar-refractivity contribution in [1.82, 2.24) is 0 Å². The molecule has 0 saturated carbocycles. The van der Waals surface area contributed by atoms with Gasteiger partial charge in [0.05, 0.1) is 11.0 Å². The zero-order chi connectivity index (χ0) is 23.4. The maximum absolute atomic E-state index is 15.5. The van der Waals surface area contributed by atoms with Crippen LogP contribution in [0, 0.1) is 18.2 Å². The van der Waals surface area contributed by atoms with Crippen LogP contribution in [0.25, 0.3) is 0 Å². The van der Waals surface area contributed by atoms with Crippen LogP contribution in [-0.4, -0.2) is 28.5 Å². The normalized spacial score (nSPS) is 23.8. The highest BCUT2D eigenvalue weighted by atomic mass is 32.1. The molecule has 0 spiro atoms. The minimum atomic E-state index is -1.18. The lowest BCUT2D eigenvalue weighted by atomic mass is 9.62. The van der Waals surface area contributed by atoms with Crippen LogP contribution in [0.1, 0.15) is 80.5 Å². The lowest BCUT2D eigenvalue weighted by Gasteiger charge is -2.46. The molecule has 1 aliphatic heterocycles. The van der Waals surface area contributed by atoms with Crippen molar-refractivity contribution in [2.24, 2.45) is 10.4 Å². The Kier molecular flexibility index (Phi) is 5.83. The fourth-order valence-corrected chi connectivity index (χ4v) is 6.56. The summed E-state index contributed by atoms with van der Waals surface area (Å²) in [4.78, 5) is 18.8. The van der Waals surface area contributed by atoms with Gasteiger partial charge in [-0.05, 0) is 83.1 Å². The molecule has 6 heteroatoms. The smallest absolute Gasteiger partial charge is 0.333 e. The lowest BCUT2D eigenvalue weighted by molar-refractivity contribution is -0.170. The van der Waals surface area contributed by atoms with Gasteiger partial charge in [-0.2, -0.15) is 0 Å². The Hall–Kier alpha value is -2.05. The maximum atomic E-state index is 15.5. The van der Waals surface area contributed by atoms with Gasteiger partial charge in [-0.3, -0.25) is 0 Å². The van der Waals surface area contributed by atoms with Gasteiger partial charge in [0, 0.05) is 22.1 Å². The van der Waals surface area contributed by atoms with Gasteiger partial charge in [-0.25, -0.2) is 14.2 Å². The van der Waals surface area contributed by atoms with Crippen molar-refractivity contribution in [3.8, 4) is 0 Å². The fraction of sp³-hybridized carbons (Fsp3) is 0.538. The summed E-state index contributed by atoms with van der Waals surface area (Å²) in [6.07, 6.45) is 2.97. The number of benzene rings is 1. The van der Waals surface area contributed by atoms with E-state index < -0.39 is 29.0 Å². The van der Waals surface area contributed by atoms with E-state index in [2.05, 4.69) is 0 Å². The number of fused-ring (bicyclic) bond motifs is 3. The first-order chi connectivity index (χ1) is 14.9. The number of aryl methyl sites for hydroxylation is 2. The maximum Gasteiger partial charge on any atom is 0.333 e. The number of ether oxygens (including phenoxy) is 1. The Balaban J connectivity index is 2.02. The Bertz CT molecular complexity index is 1100. The molecule has 2 aliphatic rings. The third kappa shape index (κ3) is 3.81. The number of rotatable bonds is 4. The van der Waals surface area contributed by atoms with Crippen LogP contribution >= 0.6 is 11.3 Å². The van der Waals surface area contributed by atoms with Gasteiger partial charge in [0.1, 0.15) is 10.8 Å². The second kappa shape index (κ2) is 8.07. The summed E-state index contributed by atoms with van der Waals surface area (Å²) in [5, 5.41) is 11.2. The van der Waals surface area contributed by atoms with Crippen molar-refractivity contribution >= 4 is 28.0 Å². The molecule has 2 unspecified atom stereocenters. The largest absolute Gasteiger partial charge is 0.479 e. The number of carboxylic acid groups (broad SMARTS) is 1. The van der Waals surface area contributed by atoms with Crippen LogP contribution in [-0.2, 0) is 22.4 Å². The molecule has 3 atom stereocenters. The van der Waals surface area contributed by atoms with Crippen molar-refractivity contribution in [1.29, 1.82) is 0 Å². The highest BCUT2D eigenvalue weighted by Crippen LogP contribution is 2.57. The molecule has 172 valence electrons. The molecule has 1 aromatic carbocycles. The highest BCUT2D eigenvalue weighted by Gasteiger charge is 2.55. The van der Waals surface area contributed by atoms with Gasteiger partial charge >= 0.3 is 5.97 Å². The average molecular weight is 458 g/mol. The molecule has 4 rings (SSSR count). The fourth-order valence-electron chi connectivity index (χ4n) is 5.21. The molecular weight excluding hydrogens is 425 g/mol. The molecule has 0 bridgehead atoms.